The van der Waals surface area contributed by atoms with Crippen LogP contribution in [0.1, 0.15) is 59.3 Å². The van der Waals surface area contributed by atoms with Crippen molar-refractivity contribution < 1.29 is 19.1 Å². The molecule has 22 heavy (non-hydrogen) atoms. The molecule has 1 aliphatic carbocycles. The van der Waals surface area contributed by atoms with Gasteiger partial charge < -0.3 is 9.64 Å². The highest BCUT2D eigenvalue weighted by Crippen LogP contribution is 2.66. The number of hydrogen-bond acceptors (Lipinski definition) is 4. The van der Waals surface area contributed by atoms with Gasteiger partial charge >= 0.3 is 11.9 Å². The minimum atomic E-state index is -1.19. The Kier molecular flexibility index (Phi) is 3.38. The van der Waals surface area contributed by atoms with Crippen molar-refractivity contribution in [3.63, 3.8) is 0 Å². The van der Waals surface area contributed by atoms with Gasteiger partial charge in [0.1, 0.15) is 0 Å². The van der Waals surface area contributed by atoms with E-state index >= 15 is 0 Å². The lowest BCUT2D eigenvalue weighted by molar-refractivity contribution is -0.199. The Morgan fingerprint density at radius 2 is 1.55 bits per heavy atom. The van der Waals surface area contributed by atoms with E-state index in [1.165, 1.54) is 0 Å². The third-order valence-electron chi connectivity index (χ3n) is 6.69. The quantitative estimate of drug-likeness (QED) is 0.551. The van der Waals surface area contributed by atoms with Crippen LogP contribution in [0.2, 0.25) is 0 Å². The fourth-order valence-corrected chi connectivity index (χ4v) is 4.54. The van der Waals surface area contributed by atoms with Crippen LogP contribution in [0.4, 0.5) is 0 Å². The maximum absolute atomic E-state index is 13.3. The number of likely N-dealkylation sites (tertiary alicyclic amines) is 1. The molecule has 1 amide bonds. The summed E-state index contributed by atoms with van der Waals surface area (Å²) >= 11 is 0. The summed E-state index contributed by atoms with van der Waals surface area (Å²) in [5, 5.41) is 0. The summed E-state index contributed by atoms with van der Waals surface area (Å²) in [6.45, 7) is 7.00. The van der Waals surface area contributed by atoms with Gasteiger partial charge in [0.15, 0.2) is 5.41 Å². The first kappa shape index (κ1) is 15.5. The van der Waals surface area contributed by atoms with E-state index in [1.54, 1.807) is 0 Å². The maximum atomic E-state index is 13.3. The van der Waals surface area contributed by atoms with Gasteiger partial charge in [-0.1, -0.05) is 26.7 Å². The smallest absolute Gasteiger partial charge is 0.329 e. The molecule has 3 fully saturated rings. The Balaban J connectivity index is 2.01. The van der Waals surface area contributed by atoms with Crippen LogP contribution in [-0.4, -0.2) is 35.8 Å². The van der Waals surface area contributed by atoms with Gasteiger partial charge in [-0.05, 0) is 32.6 Å². The maximum Gasteiger partial charge on any atom is 0.329 e. The molecule has 0 aromatic rings. The van der Waals surface area contributed by atoms with Crippen LogP contribution in [0.15, 0.2) is 0 Å². The number of rotatable bonds is 1. The van der Waals surface area contributed by atoms with Gasteiger partial charge in [-0.25, -0.2) is 0 Å². The highest BCUT2D eigenvalue weighted by atomic mass is 16.6. The SMILES string of the molecule is CC12CCC(C(=O)N3CCCCCC3)(C(=O)OC1=O)C2(C)C. The molecule has 2 atom stereocenters. The number of cyclic esters (lactones) is 2. The lowest BCUT2D eigenvalue weighted by Gasteiger charge is -2.49. The average Bonchev–Trinajstić information content (AvgIpc) is 2.68. The molecule has 0 aromatic heterocycles. The van der Waals surface area contributed by atoms with Gasteiger partial charge in [0.05, 0.1) is 5.41 Å². The number of carbonyl (C=O) groups excluding carboxylic acids is 3. The van der Waals surface area contributed by atoms with Crippen LogP contribution in [0, 0.1) is 16.2 Å². The third-order valence-corrected chi connectivity index (χ3v) is 6.69. The topological polar surface area (TPSA) is 63.7 Å². The van der Waals surface area contributed by atoms with Crippen LogP contribution in [-0.2, 0) is 19.1 Å². The van der Waals surface area contributed by atoms with E-state index in [0.29, 0.717) is 25.9 Å². The summed E-state index contributed by atoms with van der Waals surface area (Å²) in [5.41, 5.74) is -2.67. The van der Waals surface area contributed by atoms with E-state index in [1.807, 2.05) is 25.7 Å². The molecule has 5 nitrogen and oxygen atoms in total. The number of carbonyl (C=O) groups is 3. The molecule has 0 N–H and O–H groups in total. The van der Waals surface area contributed by atoms with Crippen molar-refractivity contribution >= 4 is 17.8 Å². The molecule has 0 radical (unpaired) electrons. The summed E-state index contributed by atoms with van der Waals surface area (Å²) in [4.78, 5) is 40.0. The average molecular weight is 307 g/mol. The van der Waals surface area contributed by atoms with Crippen LogP contribution < -0.4 is 0 Å². The fraction of sp³-hybridized carbons (Fsp3) is 0.824. The third kappa shape index (κ3) is 1.68. The van der Waals surface area contributed by atoms with Crippen molar-refractivity contribution in [1.82, 2.24) is 4.90 Å². The Hall–Kier alpha value is -1.39. The molecule has 2 heterocycles. The summed E-state index contributed by atoms with van der Waals surface area (Å²) in [5.74, 6) is -1.23. The molecule has 3 aliphatic rings. The first-order valence-corrected chi connectivity index (χ1v) is 8.33. The van der Waals surface area contributed by atoms with E-state index in [9.17, 15) is 14.4 Å². The van der Waals surface area contributed by atoms with Gasteiger partial charge in [-0.2, -0.15) is 0 Å². The number of esters is 2. The van der Waals surface area contributed by atoms with E-state index in [2.05, 4.69) is 0 Å². The predicted molar refractivity (Wildman–Crippen MR) is 79.7 cm³/mol. The Bertz CT molecular complexity index is 533. The molecule has 2 unspecified atom stereocenters. The Morgan fingerprint density at radius 3 is 2.14 bits per heavy atom. The second-order valence-corrected chi connectivity index (χ2v) is 7.75. The van der Waals surface area contributed by atoms with Gasteiger partial charge in [0.2, 0.25) is 5.91 Å². The highest BCUT2D eigenvalue weighted by molar-refractivity contribution is 6.11. The summed E-state index contributed by atoms with van der Waals surface area (Å²) < 4.78 is 5.03. The van der Waals surface area contributed by atoms with Crippen LogP contribution >= 0.6 is 0 Å². The second-order valence-electron chi connectivity index (χ2n) is 7.75. The second kappa shape index (κ2) is 4.80. The minimum Gasteiger partial charge on any atom is -0.392 e. The molecule has 1 saturated carbocycles. The summed E-state index contributed by atoms with van der Waals surface area (Å²) in [6, 6.07) is 0. The Labute approximate surface area is 131 Å². The van der Waals surface area contributed by atoms with Gasteiger partial charge in [-0.15, -0.1) is 0 Å². The van der Waals surface area contributed by atoms with Crippen molar-refractivity contribution in [1.29, 1.82) is 0 Å². The van der Waals surface area contributed by atoms with Crippen LogP contribution in [0.5, 0.6) is 0 Å². The Morgan fingerprint density at radius 1 is 0.955 bits per heavy atom. The highest BCUT2D eigenvalue weighted by Gasteiger charge is 2.75. The number of hydrogen-bond donors (Lipinski definition) is 0. The monoisotopic (exact) mass is 307 g/mol. The summed E-state index contributed by atoms with van der Waals surface area (Å²) in [7, 11) is 0. The lowest BCUT2D eigenvalue weighted by Crippen LogP contribution is -2.62. The first-order valence-electron chi connectivity index (χ1n) is 8.33. The van der Waals surface area contributed by atoms with Crippen molar-refractivity contribution in [3.05, 3.63) is 0 Å². The van der Waals surface area contributed by atoms with Crippen LogP contribution in [0.3, 0.4) is 0 Å². The van der Waals surface area contributed by atoms with Gasteiger partial charge in [0.25, 0.3) is 0 Å². The molecule has 2 bridgehead atoms. The zero-order valence-corrected chi connectivity index (χ0v) is 13.7. The van der Waals surface area contributed by atoms with Crippen molar-refractivity contribution in [2.45, 2.75) is 59.3 Å². The molecular formula is C17H25NO4. The fourth-order valence-electron chi connectivity index (χ4n) is 4.54. The number of amides is 1. The van der Waals surface area contributed by atoms with E-state index in [-0.39, 0.29) is 5.91 Å². The van der Waals surface area contributed by atoms with Gasteiger partial charge in [0, 0.05) is 18.5 Å². The first-order chi connectivity index (χ1) is 10.3. The van der Waals surface area contributed by atoms with E-state index in [0.717, 1.165) is 25.7 Å². The zero-order valence-electron chi connectivity index (χ0n) is 13.7. The summed E-state index contributed by atoms with van der Waals surface area (Å²) in [6.07, 6.45) is 5.16. The van der Waals surface area contributed by atoms with Crippen LogP contribution in [0.25, 0.3) is 0 Å². The largest absolute Gasteiger partial charge is 0.392 e. The van der Waals surface area contributed by atoms with Gasteiger partial charge in [-0.3, -0.25) is 14.4 Å². The minimum absolute atomic E-state index is 0.124. The molecule has 3 rings (SSSR count). The molecular weight excluding hydrogens is 282 g/mol. The van der Waals surface area contributed by atoms with Crippen molar-refractivity contribution in [2.24, 2.45) is 16.2 Å². The van der Waals surface area contributed by atoms with E-state index in [4.69, 9.17) is 4.74 Å². The normalized spacial score (nSPS) is 37.7. The number of ether oxygens (including phenoxy) is 1. The van der Waals surface area contributed by atoms with Crippen molar-refractivity contribution in [3.8, 4) is 0 Å². The predicted octanol–water partition coefficient (Wildman–Crippen LogP) is 2.29. The zero-order chi connectivity index (χ0) is 16.2. The number of nitrogens with zero attached hydrogens (tertiary/aromatic N) is 1. The van der Waals surface area contributed by atoms with Crippen molar-refractivity contribution in [2.75, 3.05) is 13.1 Å². The molecule has 2 aliphatic heterocycles. The molecule has 2 saturated heterocycles. The molecule has 0 spiro atoms. The standard InChI is InChI=1S/C17H25NO4/c1-15(2)16(3)8-9-17(15,14(21)22-13(16)20)12(19)18-10-6-4-5-7-11-18/h4-11H2,1-3H3. The molecule has 0 aromatic carbocycles. The number of fused-ring (bicyclic) bond motifs is 2. The van der Waals surface area contributed by atoms with E-state index < -0.39 is 28.2 Å². The molecule has 122 valence electrons. The molecule has 5 heteroatoms. The lowest BCUT2D eigenvalue weighted by atomic mass is 9.56.